The number of benzene rings is 1. The summed E-state index contributed by atoms with van der Waals surface area (Å²) in [6.07, 6.45) is 2.31. The van der Waals surface area contributed by atoms with Crippen molar-refractivity contribution < 1.29 is 15.3 Å². The zero-order chi connectivity index (χ0) is 13.2. The Morgan fingerprint density at radius 3 is 1.82 bits per heavy atom. The Labute approximate surface area is 103 Å². The maximum absolute atomic E-state index is 9.44. The molecule has 0 spiro atoms. The number of rotatable bonds is 4. The Morgan fingerprint density at radius 2 is 1.47 bits per heavy atom. The molecule has 0 fully saturated rings. The molecule has 17 heavy (non-hydrogen) atoms. The first-order chi connectivity index (χ1) is 7.86. The Hall–Kier alpha value is -0.900. The van der Waals surface area contributed by atoms with E-state index in [2.05, 4.69) is 6.92 Å². The van der Waals surface area contributed by atoms with Gasteiger partial charge in [-0.1, -0.05) is 20.8 Å². The second kappa shape index (κ2) is 5.17. The summed E-state index contributed by atoms with van der Waals surface area (Å²) in [6.45, 7) is 8.06. The topological polar surface area (TPSA) is 60.7 Å². The van der Waals surface area contributed by atoms with Crippen molar-refractivity contribution in [2.75, 3.05) is 0 Å². The third kappa shape index (κ3) is 2.68. The minimum Gasteiger partial charge on any atom is -0.340 e. The van der Waals surface area contributed by atoms with Gasteiger partial charge in [-0.25, -0.2) is 0 Å². The highest BCUT2D eigenvalue weighted by Gasteiger charge is 2.27. The maximum atomic E-state index is 9.44. The molecule has 1 rings (SSSR count). The second-order valence-corrected chi connectivity index (χ2v) is 4.36. The van der Waals surface area contributed by atoms with Gasteiger partial charge < -0.3 is 15.3 Å². The van der Waals surface area contributed by atoms with Crippen molar-refractivity contribution in [3.63, 3.8) is 0 Å². The van der Waals surface area contributed by atoms with Gasteiger partial charge in [-0.15, -0.1) is 0 Å². The Kier molecular flexibility index (Phi) is 4.31. The summed E-state index contributed by atoms with van der Waals surface area (Å²) < 4.78 is 0. The fourth-order valence-corrected chi connectivity index (χ4v) is 2.50. The van der Waals surface area contributed by atoms with Crippen LogP contribution in [0.25, 0.3) is 0 Å². The van der Waals surface area contributed by atoms with Crippen LogP contribution in [0.1, 0.15) is 48.6 Å². The summed E-state index contributed by atoms with van der Waals surface area (Å²) >= 11 is 0. The van der Waals surface area contributed by atoms with Gasteiger partial charge in [0, 0.05) is 5.56 Å². The summed E-state index contributed by atoms with van der Waals surface area (Å²) in [7, 11) is 0. The molecule has 0 bridgehead atoms. The molecule has 0 aliphatic heterocycles. The Bertz CT molecular complexity index is 403. The van der Waals surface area contributed by atoms with E-state index in [1.807, 2.05) is 20.8 Å². The van der Waals surface area contributed by atoms with Crippen LogP contribution in [0.3, 0.4) is 0 Å². The fraction of sp³-hybridized carbons (Fsp3) is 0.571. The van der Waals surface area contributed by atoms with E-state index in [0.29, 0.717) is 6.42 Å². The lowest BCUT2D eigenvalue weighted by atomic mass is 9.88. The van der Waals surface area contributed by atoms with Crippen LogP contribution in [0.5, 0.6) is 0 Å². The van der Waals surface area contributed by atoms with E-state index in [9.17, 15) is 15.3 Å². The Balaban J connectivity index is 3.59. The van der Waals surface area contributed by atoms with Gasteiger partial charge in [-0.05, 0) is 54.5 Å². The molecule has 0 saturated heterocycles. The van der Waals surface area contributed by atoms with Crippen LogP contribution in [-0.4, -0.2) is 15.3 Å². The zero-order valence-corrected chi connectivity index (χ0v) is 11.0. The summed E-state index contributed by atoms with van der Waals surface area (Å²) in [4.78, 5) is 0. The summed E-state index contributed by atoms with van der Waals surface area (Å²) in [5.41, 5.74) is 4.42. The number of hydrogen-bond acceptors (Lipinski definition) is 3. The van der Waals surface area contributed by atoms with E-state index in [4.69, 9.17) is 0 Å². The number of aliphatic hydroxyl groups is 3. The largest absolute Gasteiger partial charge is 0.340 e. The van der Waals surface area contributed by atoms with E-state index in [1.54, 1.807) is 6.07 Å². The number of hydrogen-bond donors (Lipinski definition) is 3. The molecule has 0 aliphatic carbocycles. The molecular formula is C14H22O3. The van der Waals surface area contributed by atoms with Crippen molar-refractivity contribution >= 4 is 0 Å². The first kappa shape index (κ1) is 14.2. The molecule has 3 nitrogen and oxygen atoms in total. The molecule has 0 aliphatic rings. The quantitative estimate of drug-likeness (QED) is 0.701. The van der Waals surface area contributed by atoms with E-state index < -0.39 is 5.97 Å². The second-order valence-electron chi connectivity index (χ2n) is 4.36. The molecule has 3 heteroatoms. The molecule has 0 saturated carbocycles. The van der Waals surface area contributed by atoms with Gasteiger partial charge in [-0.2, -0.15) is 0 Å². The average Bonchev–Trinajstić information content (AvgIpc) is 2.26. The van der Waals surface area contributed by atoms with Crippen LogP contribution in [0.15, 0.2) is 6.07 Å². The van der Waals surface area contributed by atoms with Gasteiger partial charge in [0.2, 0.25) is 0 Å². The SMILES string of the molecule is CCc1cc(C(O)(O)O)c(CC)c(CC)c1C. The molecule has 0 amide bonds. The minimum atomic E-state index is -2.74. The van der Waals surface area contributed by atoms with Gasteiger partial charge in [0.25, 0.3) is 0 Å². The van der Waals surface area contributed by atoms with Crippen LogP contribution in [0.4, 0.5) is 0 Å². The molecule has 96 valence electrons. The van der Waals surface area contributed by atoms with Gasteiger partial charge in [0.1, 0.15) is 0 Å². The lowest BCUT2D eigenvalue weighted by molar-refractivity contribution is -0.324. The van der Waals surface area contributed by atoms with E-state index in [1.165, 1.54) is 5.56 Å². The smallest absolute Gasteiger partial charge is 0.304 e. The minimum absolute atomic E-state index is 0.222. The molecular weight excluding hydrogens is 216 g/mol. The van der Waals surface area contributed by atoms with Crippen molar-refractivity contribution in [3.05, 3.63) is 33.9 Å². The first-order valence-corrected chi connectivity index (χ1v) is 6.18. The highest BCUT2D eigenvalue weighted by atomic mass is 16.7. The highest BCUT2D eigenvalue weighted by molar-refractivity contribution is 5.46. The lowest BCUT2D eigenvalue weighted by Crippen LogP contribution is -2.27. The van der Waals surface area contributed by atoms with E-state index in [0.717, 1.165) is 29.5 Å². The van der Waals surface area contributed by atoms with E-state index >= 15 is 0 Å². The van der Waals surface area contributed by atoms with Crippen LogP contribution in [0, 0.1) is 6.92 Å². The van der Waals surface area contributed by atoms with Crippen LogP contribution in [0.2, 0.25) is 0 Å². The highest BCUT2D eigenvalue weighted by Crippen LogP contribution is 2.29. The van der Waals surface area contributed by atoms with Gasteiger partial charge in [0.05, 0.1) is 0 Å². The number of aryl methyl sites for hydroxylation is 1. The molecule has 3 N–H and O–H groups in total. The molecule has 0 atom stereocenters. The molecule has 0 unspecified atom stereocenters. The van der Waals surface area contributed by atoms with Crippen molar-refractivity contribution in [2.45, 2.75) is 52.9 Å². The molecule has 0 radical (unpaired) electrons. The summed E-state index contributed by atoms with van der Waals surface area (Å²) in [5.74, 6) is -2.74. The van der Waals surface area contributed by atoms with Crippen molar-refractivity contribution in [1.29, 1.82) is 0 Å². The van der Waals surface area contributed by atoms with Gasteiger partial charge in [-0.3, -0.25) is 0 Å². The van der Waals surface area contributed by atoms with Crippen molar-refractivity contribution in [2.24, 2.45) is 0 Å². The molecule has 0 heterocycles. The molecule has 1 aromatic rings. The standard InChI is InChI=1S/C14H22O3/c1-5-10-8-13(14(15,16)17)12(7-3)11(6-2)9(10)4/h8,15-17H,5-7H2,1-4H3. The van der Waals surface area contributed by atoms with Crippen LogP contribution < -0.4 is 0 Å². The molecule has 0 aromatic heterocycles. The van der Waals surface area contributed by atoms with Crippen molar-refractivity contribution in [3.8, 4) is 0 Å². The van der Waals surface area contributed by atoms with Crippen LogP contribution >= 0.6 is 0 Å². The predicted octanol–water partition coefficient (Wildman–Crippen LogP) is 1.77. The van der Waals surface area contributed by atoms with Gasteiger partial charge in [0.15, 0.2) is 0 Å². The monoisotopic (exact) mass is 238 g/mol. The lowest BCUT2D eigenvalue weighted by Gasteiger charge is -2.23. The first-order valence-electron chi connectivity index (χ1n) is 6.18. The third-order valence-corrected chi connectivity index (χ3v) is 3.39. The third-order valence-electron chi connectivity index (χ3n) is 3.39. The molecule has 1 aromatic carbocycles. The normalized spacial score (nSPS) is 11.9. The van der Waals surface area contributed by atoms with Crippen molar-refractivity contribution in [1.82, 2.24) is 0 Å². The summed E-state index contributed by atoms with van der Waals surface area (Å²) in [6, 6.07) is 1.70. The Morgan fingerprint density at radius 1 is 0.941 bits per heavy atom. The average molecular weight is 238 g/mol. The zero-order valence-electron chi connectivity index (χ0n) is 11.0. The van der Waals surface area contributed by atoms with Crippen LogP contribution in [-0.2, 0) is 25.2 Å². The maximum Gasteiger partial charge on any atom is 0.304 e. The van der Waals surface area contributed by atoms with Gasteiger partial charge >= 0.3 is 5.97 Å². The predicted molar refractivity (Wildman–Crippen MR) is 67.6 cm³/mol. The summed E-state index contributed by atoms with van der Waals surface area (Å²) in [5, 5.41) is 28.3. The van der Waals surface area contributed by atoms with E-state index in [-0.39, 0.29) is 5.56 Å². The fourth-order valence-electron chi connectivity index (χ4n) is 2.50.